The Hall–Kier alpha value is -1.03. The first kappa shape index (κ1) is 15.4. The smallest absolute Gasteiger partial charge is 0.133 e. The lowest BCUT2D eigenvalue weighted by atomic mass is 10.2. The van der Waals surface area contributed by atoms with Gasteiger partial charge >= 0.3 is 0 Å². The Bertz CT molecular complexity index is 586. The van der Waals surface area contributed by atoms with Crippen LogP contribution in [0.25, 0.3) is 0 Å². The average molecular weight is 355 g/mol. The summed E-state index contributed by atoms with van der Waals surface area (Å²) in [5.41, 5.74) is 0.975. The van der Waals surface area contributed by atoms with E-state index in [9.17, 15) is 0 Å². The van der Waals surface area contributed by atoms with Gasteiger partial charge in [0.1, 0.15) is 11.5 Å². The number of rotatable bonds is 5. The Morgan fingerprint density at radius 2 is 1.95 bits per heavy atom. The Kier molecular flexibility index (Phi) is 5.46. The highest BCUT2D eigenvalue weighted by Crippen LogP contribution is 2.31. The molecule has 2 nitrogen and oxygen atoms in total. The molecule has 20 heavy (non-hydrogen) atoms. The van der Waals surface area contributed by atoms with Gasteiger partial charge in [0.25, 0.3) is 0 Å². The molecule has 0 saturated carbocycles. The number of hydrogen-bond acceptors (Lipinski definition) is 2. The quantitative estimate of drug-likeness (QED) is 0.777. The Morgan fingerprint density at radius 3 is 2.65 bits per heavy atom. The van der Waals surface area contributed by atoms with Gasteiger partial charge in [-0.15, -0.1) is 0 Å². The fourth-order valence-corrected chi connectivity index (χ4v) is 2.38. The molecule has 0 heterocycles. The zero-order chi connectivity index (χ0) is 14.5. The zero-order valence-corrected chi connectivity index (χ0v) is 13.8. The van der Waals surface area contributed by atoms with Crippen LogP contribution in [-0.4, -0.2) is 6.04 Å². The number of benzene rings is 2. The molecule has 0 bridgehead atoms. The van der Waals surface area contributed by atoms with Gasteiger partial charge in [-0.2, -0.15) is 0 Å². The van der Waals surface area contributed by atoms with Gasteiger partial charge in [-0.1, -0.05) is 53.5 Å². The first-order valence-electron chi connectivity index (χ1n) is 6.50. The summed E-state index contributed by atoms with van der Waals surface area (Å²) < 4.78 is 6.93. The molecule has 0 unspecified atom stereocenters. The molecule has 106 valence electrons. The molecule has 0 saturated heterocycles. The largest absolute Gasteiger partial charge is 0.457 e. The number of hydrogen-bond donors (Lipinski definition) is 1. The molecule has 0 aliphatic rings. The maximum absolute atomic E-state index is 6.28. The highest BCUT2D eigenvalue weighted by molar-refractivity contribution is 9.10. The summed E-state index contributed by atoms with van der Waals surface area (Å²) in [5, 5.41) is 4.08. The van der Waals surface area contributed by atoms with Crippen molar-refractivity contribution in [2.24, 2.45) is 0 Å². The van der Waals surface area contributed by atoms with E-state index < -0.39 is 0 Å². The molecule has 4 heteroatoms. The van der Waals surface area contributed by atoms with Crippen molar-refractivity contribution >= 4 is 27.5 Å². The molecule has 1 N–H and O–H groups in total. The van der Waals surface area contributed by atoms with Crippen LogP contribution in [0.3, 0.4) is 0 Å². The van der Waals surface area contributed by atoms with Crippen molar-refractivity contribution in [1.82, 2.24) is 5.32 Å². The first-order chi connectivity index (χ1) is 9.56. The summed E-state index contributed by atoms with van der Waals surface area (Å²) in [7, 11) is 0. The van der Waals surface area contributed by atoms with E-state index in [0.29, 0.717) is 17.6 Å². The van der Waals surface area contributed by atoms with Crippen LogP contribution in [0.1, 0.15) is 19.4 Å². The second-order valence-corrected chi connectivity index (χ2v) is 6.13. The third kappa shape index (κ3) is 4.23. The normalized spacial score (nSPS) is 10.8. The monoisotopic (exact) mass is 353 g/mol. The summed E-state index contributed by atoms with van der Waals surface area (Å²) >= 11 is 9.72. The highest BCUT2D eigenvalue weighted by Gasteiger charge is 2.10. The zero-order valence-electron chi connectivity index (χ0n) is 11.5. The Labute approximate surface area is 133 Å². The Morgan fingerprint density at radius 1 is 1.20 bits per heavy atom. The van der Waals surface area contributed by atoms with Crippen molar-refractivity contribution in [2.45, 2.75) is 26.4 Å². The van der Waals surface area contributed by atoms with Crippen molar-refractivity contribution in [1.29, 1.82) is 0 Å². The van der Waals surface area contributed by atoms with Gasteiger partial charge in [0.2, 0.25) is 0 Å². The molecule has 0 radical (unpaired) electrons. The molecular weight excluding hydrogens is 338 g/mol. The molecule has 0 amide bonds. The van der Waals surface area contributed by atoms with Crippen LogP contribution < -0.4 is 10.1 Å². The number of ether oxygens (including phenoxy) is 1. The van der Waals surface area contributed by atoms with E-state index >= 15 is 0 Å². The summed E-state index contributed by atoms with van der Waals surface area (Å²) in [4.78, 5) is 0. The molecule has 0 aliphatic carbocycles. The minimum atomic E-state index is 0.394. The molecule has 0 atom stereocenters. The van der Waals surface area contributed by atoms with Crippen LogP contribution in [0.2, 0.25) is 5.02 Å². The maximum Gasteiger partial charge on any atom is 0.133 e. The fourth-order valence-electron chi connectivity index (χ4n) is 1.77. The van der Waals surface area contributed by atoms with Crippen molar-refractivity contribution in [2.75, 3.05) is 0 Å². The van der Waals surface area contributed by atoms with E-state index in [-0.39, 0.29) is 0 Å². The molecular formula is C16H17BrClNO. The highest BCUT2D eigenvalue weighted by atomic mass is 79.9. The van der Waals surface area contributed by atoms with Gasteiger partial charge < -0.3 is 10.1 Å². The summed E-state index contributed by atoms with van der Waals surface area (Å²) in [5.74, 6) is 1.57. The minimum Gasteiger partial charge on any atom is -0.457 e. The van der Waals surface area contributed by atoms with Crippen molar-refractivity contribution < 1.29 is 4.74 Å². The van der Waals surface area contributed by atoms with Crippen LogP contribution in [0, 0.1) is 0 Å². The van der Waals surface area contributed by atoms with Crippen LogP contribution >= 0.6 is 27.5 Å². The second kappa shape index (κ2) is 7.11. The van der Waals surface area contributed by atoms with Gasteiger partial charge in [0.05, 0.1) is 0 Å². The van der Waals surface area contributed by atoms with Gasteiger partial charge in [0.15, 0.2) is 0 Å². The first-order valence-corrected chi connectivity index (χ1v) is 7.67. The molecule has 0 aliphatic heterocycles. The van der Waals surface area contributed by atoms with Gasteiger partial charge in [-0.25, -0.2) is 0 Å². The second-order valence-electron chi connectivity index (χ2n) is 4.81. The summed E-state index contributed by atoms with van der Waals surface area (Å²) in [6.45, 7) is 4.89. The number of nitrogens with one attached hydrogen (secondary N) is 1. The van der Waals surface area contributed by atoms with E-state index in [2.05, 4.69) is 35.1 Å². The molecule has 0 aromatic heterocycles. The van der Waals surface area contributed by atoms with Crippen LogP contribution in [-0.2, 0) is 6.54 Å². The van der Waals surface area contributed by atoms with Crippen molar-refractivity contribution in [3.63, 3.8) is 0 Å². The fraction of sp³-hybridized carbons (Fsp3) is 0.250. The standard InChI is InChI=1S/C16H17BrClNO/c1-11(2)19-10-14-15(18)7-4-8-16(14)20-13-6-3-5-12(17)9-13/h3-9,11,19H,10H2,1-2H3. The molecule has 0 spiro atoms. The van der Waals surface area contributed by atoms with E-state index in [1.54, 1.807) is 0 Å². The van der Waals surface area contributed by atoms with E-state index in [0.717, 1.165) is 21.5 Å². The third-order valence-electron chi connectivity index (χ3n) is 2.79. The molecule has 2 rings (SSSR count). The maximum atomic E-state index is 6.28. The average Bonchev–Trinajstić information content (AvgIpc) is 2.38. The van der Waals surface area contributed by atoms with Crippen LogP contribution in [0.15, 0.2) is 46.9 Å². The topological polar surface area (TPSA) is 21.3 Å². The van der Waals surface area contributed by atoms with Crippen molar-refractivity contribution in [3.05, 3.63) is 57.5 Å². The minimum absolute atomic E-state index is 0.394. The predicted octanol–water partition coefficient (Wildman–Crippen LogP) is 5.39. The lowest BCUT2D eigenvalue weighted by Gasteiger charge is -2.15. The SMILES string of the molecule is CC(C)NCc1c(Cl)cccc1Oc1cccc(Br)c1. The van der Waals surface area contributed by atoms with E-state index in [1.165, 1.54) is 0 Å². The van der Waals surface area contributed by atoms with Gasteiger partial charge in [-0.3, -0.25) is 0 Å². The molecule has 2 aromatic rings. The predicted molar refractivity (Wildman–Crippen MR) is 87.6 cm³/mol. The van der Waals surface area contributed by atoms with E-state index in [4.69, 9.17) is 16.3 Å². The van der Waals surface area contributed by atoms with Gasteiger partial charge in [0, 0.05) is 27.6 Å². The van der Waals surface area contributed by atoms with E-state index in [1.807, 2.05) is 42.5 Å². The van der Waals surface area contributed by atoms with Gasteiger partial charge in [-0.05, 0) is 30.3 Å². The lowest BCUT2D eigenvalue weighted by Crippen LogP contribution is -2.22. The molecule has 2 aromatic carbocycles. The lowest BCUT2D eigenvalue weighted by molar-refractivity contribution is 0.469. The van der Waals surface area contributed by atoms with Crippen LogP contribution in [0.5, 0.6) is 11.5 Å². The Balaban J connectivity index is 2.24. The van der Waals surface area contributed by atoms with Crippen LogP contribution in [0.4, 0.5) is 0 Å². The number of halogens is 2. The third-order valence-corrected chi connectivity index (χ3v) is 3.63. The van der Waals surface area contributed by atoms with Crippen molar-refractivity contribution in [3.8, 4) is 11.5 Å². The molecule has 0 fully saturated rings. The summed E-state index contributed by atoms with van der Waals surface area (Å²) in [6.07, 6.45) is 0. The summed E-state index contributed by atoms with van der Waals surface area (Å²) in [6, 6.07) is 13.9.